The summed E-state index contributed by atoms with van der Waals surface area (Å²) in [5.41, 5.74) is 16.6. The van der Waals surface area contributed by atoms with E-state index in [0.717, 1.165) is 96.9 Å². The van der Waals surface area contributed by atoms with E-state index in [1.165, 1.54) is 104 Å². The number of hydroxylamine groups is 2. The van der Waals surface area contributed by atoms with E-state index < -0.39 is 48.8 Å². The van der Waals surface area contributed by atoms with Crippen molar-refractivity contribution in [3.63, 3.8) is 0 Å². The van der Waals surface area contributed by atoms with E-state index in [0.29, 0.717) is 56.8 Å². The molecule has 692 valence electrons. The molecule has 1 saturated heterocycles. The van der Waals surface area contributed by atoms with Gasteiger partial charge < -0.3 is 20.0 Å². The lowest BCUT2D eigenvalue weighted by Gasteiger charge is -2.27. The number of hydrogen-bond donors (Lipinski definition) is 3. The number of carbonyl (C=O) groups is 8. The molecule has 132 heavy (non-hydrogen) atoms. The number of rotatable bonds is 36. The second-order valence-corrected chi connectivity index (χ2v) is 38.7. The molecule has 0 aromatic heterocycles. The molecule has 0 radical (unpaired) electrons. The van der Waals surface area contributed by atoms with Crippen LogP contribution in [0.2, 0.25) is 0 Å². The Hall–Kier alpha value is -12.7. The number of unbranched alkanes of at least 4 members (excludes halogenated alkanes) is 4. The number of anilines is 2. The zero-order valence-electron chi connectivity index (χ0n) is 77.6. The number of allylic oxidation sites excluding steroid dienone is 32. The molecule has 25 heteroatoms. The van der Waals surface area contributed by atoms with E-state index in [2.05, 4.69) is 206 Å². The molecule has 7 amide bonds. The lowest BCUT2D eigenvalue weighted by atomic mass is 9.81. The Morgan fingerprint density at radius 3 is 1.27 bits per heavy atom. The molecule has 0 saturated carbocycles. The molecule has 4 aromatic carbocycles. The number of imide groups is 3. The fourth-order valence-corrected chi connectivity index (χ4v) is 18.8. The summed E-state index contributed by atoms with van der Waals surface area (Å²) in [6.07, 6.45) is 72.6. The minimum Gasteiger partial charge on any atom is -0.354 e. The van der Waals surface area contributed by atoms with Crippen molar-refractivity contribution in [2.45, 2.75) is 204 Å². The normalized spacial score (nSPS) is 19.6. The van der Waals surface area contributed by atoms with Gasteiger partial charge in [0.1, 0.15) is 13.1 Å². The standard InChI is InChI=1S/C51H58N4O6S.C49H55N3O7S.C7H9NO2/c1-38-26-28-43-41(36-38)50(2,3)45(54(43)34-19-22-39-20-13-8-6-9-14-21-39)23-15-10-7-11-16-24-46-51(4,5)42-37-40(62(59,60)61)27-29-44(42)53(46)33-18-12-17-25-47(56)52-32-35-55-48(57)30-31-49(55)58;1-36-26-28-41-39(34-36)48(2,3)43(51(41)33-19-22-37-20-13-8-6-9-14-21-37)23-15-10-7-11-16-24-44-49(4,5)40-35-38(60(56,57)58)27-29-42(40)50(44)32-18-12-17-25-47(55)59-52-45(53)30-31-46(52)54;1-2-5-8-6(9)3-4-7(8)10/h6-11,13-16,20-21,23-24,26-31,36-37H,12,17-19,22,25,32-35H2,1-5H3,(H-,52,56,59,60,61);6-11,13-16,20-21,23-24,26-29,34-35H,12,17-19,22,25,30-33H2,1-5H3;3-4H,2,5H2,1H3/p+2/b8-6-,9-6?,13-8?,14-9-,20-13?,21-14?,39-20?,39-21?;8-6-,9-6?,13-8?,14-9-,20-13?,21-14?,37-20?,37-21?;. The van der Waals surface area contributed by atoms with Gasteiger partial charge in [0.15, 0.2) is 11.4 Å². The molecule has 7 aliphatic heterocycles. The van der Waals surface area contributed by atoms with Crippen molar-refractivity contribution in [1.29, 1.82) is 0 Å². The fourth-order valence-electron chi connectivity index (χ4n) is 17.7. The number of nitrogens with one attached hydrogen (secondary N) is 1. The lowest BCUT2D eigenvalue weighted by molar-refractivity contribution is -0.438. The van der Waals surface area contributed by atoms with Crippen molar-refractivity contribution in [2.75, 3.05) is 55.6 Å². The molecule has 4 aromatic rings. The molecule has 23 nitrogen and oxygen atoms in total. The van der Waals surface area contributed by atoms with E-state index in [1.807, 2.05) is 101 Å². The first-order chi connectivity index (χ1) is 62.9. The van der Waals surface area contributed by atoms with E-state index in [-0.39, 0.29) is 82.5 Å². The van der Waals surface area contributed by atoms with Gasteiger partial charge in [0.05, 0.1) is 20.6 Å². The summed E-state index contributed by atoms with van der Waals surface area (Å²) in [4.78, 5) is 105. The maximum atomic E-state index is 12.5. The maximum absolute atomic E-state index is 12.5. The third-order valence-corrected chi connectivity index (χ3v) is 26.5. The topological polar surface area (TPSA) is 289 Å². The zero-order chi connectivity index (χ0) is 95.1. The number of benzene rings is 4. The van der Waals surface area contributed by atoms with Crippen LogP contribution in [0.3, 0.4) is 0 Å². The van der Waals surface area contributed by atoms with Crippen LogP contribution < -0.4 is 15.1 Å². The second-order valence-electron chi connectivity index (χ2n) is 35.9. The molecule has 0 unspecified atom stereocenters. The highest BCUT2D eigenvalue weighted by atomic mass is 32.2. The smallest absolute Gasteiger partial charge is 0.333 e. The molecular formula is C107H124N8O15S2+2. The van der Waals surface area contributed by atoms with Crippen molar-refractivity contribution in [3.8, 4) is 0 Å². The largest absolute Gasteiger partial charge is 0.354 e. The van der Waals surface area contributed by atoms with Crippen molar-refractivity contribution >= 4 is 102 Å². The quantitative estimate of drug-likeness (QED) is 0.0125. The number of carbonyl (C=O) groups excluding carboxylic acids is 8. The summed E-state index contributed by atoms with van der Waals surface area (Å²) in [5, 5.41) is 3.36. The van der Waals surface area contributed by atoms with Gasteiger partial charge >= 0.3 is 5.97 Å². The summed E-state index contributed by atoms with van der Waals surface area (Å²) >= 11 is 0. The van der Waals surface area contributed by atoms with Gasteiger partial charge in [0, 0.05) is 165 Å². The van der Waals surface area contributed by atoms with Crippen LogP contribution in [0.25, 0.3) is 0 Å². The first kappa shape index (κ1) is 99.9. The third-order valence-electron chi connectivity index (χ3n) is 24.8. The van der Waals surface area contributed by atoms with Crippen LogP contribution in [-0.2, 0) is 85.1 Å². The van der Waals surface area contributed by atoms with Crippen LogP contribution in [0, 0.1) is 13.8 Å². The van der Waals surface area contributed by atoms with Gasteiger partial charge in [-0.15, -0.1) is 5.06 Å². The van der Waals surface area contributed by atoms with Gasteiger partial charge in [-0.3, -0.25) is 52.5 Å². The SMILES string of the molecule is CCCN1C(=O)C=CC1=O.Cc1ccc2c(c1)C(C)(C)C(=CC=CC=CC=CC1=[N+](CCCCCC(=O)NCCN3C(=O)C=CC3=O)c3ccc(S(=O)(=O)O)cc3C1(C)C)N2CCCC1=C/C=C\C=C/C=C1.Cc1ccc2c(c1)C(C)(C)C(=CC=CC=CC=CC1=[N+](CCCCCC(=O)ON3C(=O)CCC3=O)c3ccc(S(=O)(=O)O)cc3C1(C)C)N2CCCC1=C/C=C\C=C/C=C1. The van der Waals surface area contributed by atoms with Crippen LogP contribution >= 0.6 is 0 Å². The third kappa shape index (κ3) is 25.1. The highest BCUT2D eigenvalue weighted by Crippen LogP contribution is 2.51. The zero-order valence-corrected chi connectivity index (χ0v) is 79.2. The predicted molar refractivity (Wildman–Crippen MR) is 521 cm³/mol. The molecule has 0 atom stereocenters. The summed E-state index contributed by atoms with van der Waals surface area (Å²) in [5.74, 6) is -2.89. The molecule has 13 rings (SSSR count). The number of amides is 7. The molecule has 1 fully saturated rings. The van der Waals surface area contributed by atoms with Crippen molar-refractivity contribution in [2.24, 2.45) is 0 Å². The van der Waals surface area contributed by atoms with Crippen LogP contribution in [0.5, 0.6) is 0 Å². The van der Waals surface area contributed by atoms with Crippen LogP contribution in [0.1, 0.15) is 192 Å². The van der Waals surface area contributed by atoms with E-state index in [1.54, 1.807) is 18.2 Å². The highest BCUT2D eigenvalue weighted by molar-refractivity contribution is 7.86. The average Bonchev–Trinajstić information content (AvgIpc) is 1.38. The maximum Gasteiger partial charge on any atom is 0.333 e. The molecule has 3 N–H and O–H groups in total. The average molecular weight is 1830 g/mol. The van der Waals surface area contributed by atoms with E-state index >= 15 is 0 Å². The molecule has 2 aliphatic carbocycles. The fraction of sp³-hybridized carbons (Fsp3) is 0.346. The Morgan fingerprint density at radius 1 is 0.432 bits per heavy atom. The Kier molecular flexibility index (Phi) is 34.0. The first-order valence-corrected chi connectivity index (χ1v) is 48.4. The van der Waals surface area contributed by atoms with Crippen molar-refractivity contribution < 1.29 is 78.3 Å². The van der Waals surface area contributed by atoms with E-state index in [9.17, 15) is 64.3 Å². The number of fused-ring (bicyclic) bond motifs is 4. The van der Waals surface area contributed by atoms with Gasteiger partial charge in [-0.25, -0.2) is 4.79 Å². The van der Waals surface area contributed by atoms with Crippen molar-refractivity contribution in [1.82, 2.24) is 20.2 Å². The van der Waals surface area contributed by atoms with Gasteiger partial charge in [0.25, 0.3) is 55.7 Å². The van der Waals surface area contributed by atoms with Crippen LogP contribution in [0.15, 0.2) is 300 Å². The number of hydrogen-bond acceptors (Lipinski definition) is 15. The Labute approximate surface area is 778 Å². The van der Waals surface area contributed by atoms with Crippen molar-refractivity contribution in [3.05, 3.63) is 323 Å². The van der Waals surface area contributed by atoms with Gasteiger partial charge in [0.2, 0.25) is 17.3 Å². The second kappa shape index (κ2) is 45.0. The Balaban J connectivity index is 0.000000230. The molecule has 7 heterocycles. The first-order valence-electron chi connectivity index (χ1n) is 45.5. The minimum atomic E-state index is -4.40. The monoisotopic (exact) mass is 1820 g/mol. The number of aryl methyl sites for hydroxylation is 2. The molecule has 0 spiro atoms. The molecule has 0 bridgehead atoms. The van der Waals surface area contributed by atoms with Gasteiger partial charge in [-0.2, -0.15) is 26.0 Å². The summed E-state index contributed by atoms with van der Waals surface area (Å²) in [6.45, 7) is 27.5. The summed E-state index contributed by atoms with van der Waals surface area (Å²) in [6, 6.07) is 22.9. The Bertz CT molecular complexity index is 6000. The summed E-state index contributed by atoms with van der Waals surface area (Å²) < 4.78 is 72.5. The van der Waals surface area contributed by atoms with Gasteiger partial charge in [-0.1, -0.05) is 216 Å². The highest BCUT2D eigenvalue weighted by Gasteiger charge is 2.48. The molecular weight excluding hydrogens is 1700 g/mol. The van der Waals surface area contributed by atoms with Crippen LogP contribution in [0.4, 0.5) is 22.7 Å². The minimum absolute atomic E-state index is 0.0468. The Morgan fingerprint density at radius 2 is 0.833 bits per heavy atom. The van der Waals surface area contributed by atoms with Gasteiger partial charge in [-0.05, 0) is 170 Å². The summed E-state index contributed by atoms with van der Waals surface area (Å²) in [7, 11) is -8.80. The molecule has 9 aliphatic rings. The lowest BCUT2D eigenvalue weighted by Crippen LogP contribution is -2.38. The number of nitrogens with zero attached hydrogens (tertiary/aromatic N) is 7. The van der Waals surface area contributed by atoms with E-state index in [4.69, 9.17) is 4.84 Å². The van der Waals surface area contributed by atoms with Crippen LogP contribution in [-0.4, -0.2) is 155 Å². The predicted octanol–water partition coefficient (Wildman–Crippen LogP) is 18.8.